The quantitative estimate of drug-likeness (QED) is 0.211. The molecule has 0 bridgehead atoms. The van der Waals surface area contributed by atoms with Gasteiger partial charge in [0.25, 0.3) is 0 Å². The van der Waals surface area contributed by atoms with Crippen LogP contribution in [0.25, 0.3) is 16.8 Å². The summed E-state index contributed by atoms with van der Waals surface area (Å²) in [4.78, 5) is 21.6. The third-order valence-corrected chi connectivity index (χ3v) is 7.31. The number of imidazole rings is 1. The summed E-state index contributed by atoms with van der Waals surface area (Å²) in [5.74, 6) is 2.02. The highest BCUT2D eigenvalue weighted by Crippen LogP contribution is 2.39. The zero-order valence-corrected chi connectivity index (χ0v) is 21.1. The number of hydrogen-bond acceptors (Lipinski definition) is 5. The highest BCUT2D eigenvalue weighted by Gasteiger charge is 2.31. The number of ether oxygens (including phenoxy) is 2. The highest BCUT2D eigenvalue weighted by molar-refractivity contribution is 14.1. The Morgan fingerprint density at radius 2 is 1.88 bits per heavy atom. The van der Waals surface area contributed by atoms with Crippen molar-refractivity contribution in [3.63, 3.8) is 0 Å². The number of carbonyl (C=O) groups excluding carboxylic acids is 1. The summed E-state index contributed by atoms with van der Waals surface area (Å²) in [6.45, 7) is 0.516. The van der Waals surface area contributed by atoms with Gasteiger partial charge in [-0.15, -0.1) is 0 Å². The fourth-order valence-corrected chi connectivity index (χ4v) is 5.42. The minimum Gasteiger partial charge on any atom is -0.489 e. The number of fused-ring (bicyclic) bond motifs is 1. The highest BCUT2D eigenvalue weighted by atomic mass is 127. The minimum absolute atomic E-state index is 0.00723. The molecule has 2 heterocycles. The van der Waals surface area contributed by atoms with Gasteiger partial charge in [-0.3, -0.25) is 9.20 Å². The first-order valence-electron chi connectivity index (χ1n) is 11.5. The molecular weight excluding hydrogens is 541 g/mol. The van der Waals surface area contributed by atoms with Crippen molar-refractivity contribution < 1.29 is 14.3 Å². The average molecular weight is 567 g/mol. The van der Waals surface area contributed by atoms with Gasteiger partial charge in [0.1, 0.15) is 27.4 Å². The maximum atomic E-state index is 12.0. The number of nitrogens with zero attached hydrogens (tertiary/aromatic N) is 3. The van der Waals surface area contributed by atoms with Crippen LogP contribution in [-0.2, 0) is 16.1 Å². The number of carbonyl (C=O) groups is 1. The van der Waals surface area contributed by atoms with Crippen molar-refractivity contribution in [1.29, 1.82) is 0 Å². The molecule has 7 heteroatoms. The largest absolute Gasteiger partial charge is 0.489 e. The standard InChI is InChI=1S/C27H26IN3O3/c1-33-27(32)20-12-10-19(11-13-20)26-30-23(24-25(28)29-14-15-31(24)26)21-8-5-9-22(16-21)34-17-18-6-3-2-4-7-18/h2-9,14-16,19-20H,10-13,17H2,1H3. The molecule has 0 amide bonds. The number of halogens is 1. The lowest BCUT2D eigenvalue weighted by Crippen LogP contribution is -2.23. The van der Waals surface area contributed by atoms with Gasteiger partial charge in [0.2, 0.25) is 0 Å². The lowest BCUT2D eigenvalue weighted by atomic mass is 9.81. The molecule has 1 aliphatic rings. The van der Waals surface area contributed by atoms with E-state index in [0.717, 1.165) is 63.3 Å². The van der Waals surface area contributed by atoms with E-state index in [0.29, 0.717) is 6.61 Å². The third-order valence-electron chi connectivity index (χ3n) is 6.52. The smallest absolute Gasteiger partial charge is 0.308 e. The summed E-state index contributed by atoms with van der Waals surface area (Å²) in [5.41, 5.74) is 4.05. The molecule has 2 aromatic carbocycles. The van der Waals surface area contributed by atoms with Crippen molar-refractivity contribution >= 4 is 34.1 Å². The van der Waals surface area contributed by atoms with Crippen molar-refractivity contribution in [3.8, 4) is 17.0 Å². The SMILES string of the molecule is COC(=O)C1CCC(c2nc(-c3cccc(OCc4ccccc4)c3)c3c(I)nccn23)CC1. The fourth-order valence-electron chi connectivity index (χ4n) is 4.74. The Hall–Kier alpha value is -2.94. The number of methoxy groups -OCH3 is 1. The van der Waals surface area contributed by atoms with Gasteiger partial charge in [-0.05, 0) is 66.0 Å². The van der Waals surface area contributed by atoms with Crippen LogP contribution >= 0.6 is 22.6 Å². The maximum absolute atomic E-state index is 12.0. The molecular formula is C27H26IN3O3. The first-order valence-corrected chi connectivity index (χ1v) is 12.6. The van der Waals surface area contributed by atoms with Gasteiger partial charge in [-0.1, -0.05) is 42.5 Å². The Labute approximate surface area is 212 Å². The Bertz CT molecular complexity index is 1300. The molecule has 0 saturated heterocycles. The molecule has 0 radical (unpaired) electrons. The zero-order valence-electron chi connectivity index (χ0n) is 19.0. The van der Waals surface area contributed by atoms with Gasteiger partial charge in [0.05, 0.1) is 18.7 Å². The third kappa shape index (κ3) is 4.66. The molecule has 6 nitrogen and oxygen atoms in total. The molecule has 1 saturated carbocycles. The Morgan fingerprint density at radius 3 is 2.65 bits per heavy atom. The van der Waals surface area contributed by atoms with E-state index in [1.165, 1.54) is 7.11 Å². The Morgan fingerprint density at radius 1 is 1.09 bits per heavy atom. The molecule has 0 N–H and O–H groups in total. The molecule has 2 aromatic heterocycles. The predicted octanol–water partition coefficient (Wildman–Crippen LogP) is 6.03. The van der Waals surface area contributed by atoms with E-state index in [-0.39, 0.29) is 17.8 Å². The normalized spacial score (nSPS) is 18.1. The number of hydrogen-bond donors (Lipinski definition) is 0. The van der Waals surface area contributed by atoms with Crippen LogP contribution < -0.4 is 4.74 Å². The topological polar surface area (TPSA) is 65.7 Å². The molecule has 0 unspecified atom stereocenters. The van der Waals surface area contributed by atoms with E-state index >= 15 is 0 Å². The van der Waals surface area contributed by atoms with Crippen LogP contribution in [0.1, 0.15) is 43.0 Å². The van der Waals surface area contributed by atoms with Gasteiger partial charge in [-0.2, -0.15) is 0 Å². The number of rotatable bonds is 6. The molecule has 34 heavy (non-hydrogen) atoms. The van der Waals surface area contributed by atoms with Crippen LogP contribution in [0, 0.1) is 9.62 Å². The molecule has 174 valence electrons. The summed E-state index contributed by atoms with van der Waals surface area (Å²) < 4.78 is 14.1. The number of aromatic nitrogens is 3. The first kappa shape index (κ1) is 22.8. The Kier molecular flexibility index (Phi) is 6.80. The summed E-state index contributed by atoms with van der Waals surface area (Å²) in [5, 5.41) is 0. The van der Waals surface area contributed by atoms with E-state index in [9.17, 15) is 4.79 Å². The summed E-state index contributed by atoms with van der Waals surface area (Å²) in [6, 6.07) is 18.2. The van der Waals surface area contributed by atoms with Crippen LogP contribution in [0.5, 0.6) is 5.75 Å². The molecule has 4 aromatic rings. The van der Waals surface area contributed by atoms with Gasteiger partial charge >= 0.3 is 5.97 Å². The maximum Gasteiger partial charge on any atom is 0.308 e. The molecule has 0 aliphatic heterocycles. The second kappa shape index (κ2) is 10.1. The zero-order chi connectivity index (χ0) is 23.5. The van der Waals surface area contributed by atoms with E-state index in [4.69, 9.17) is 14.5 Å². The number of esters is 1. The van der Waals surface area contributed by atoms with Crippen molar-refractivity contribution in [2.75, 3.05) is 7.11 Å². The first-order chi connectivity index (χ1) is 16.6. The molecule has 0 atom stereocenters. The molecule has 1 fully saturated rings. The van der Waals surface area contributed by atoms with Crippen molar-refractivity contribution in [2.24, 2.45) is 5.92 Å². The average Bonchev–Trinajstić information content (AvgIpc) is 3.29. The van der Waals surface area contributed by atoms with Crippen LogP contribution in [0.2, 0.25) is 0 Å². The lowest BCUT2D eigenvalue weighted by Gasteiger charge is -2.26. The van der Waals surface area contributed by atoms with Gasteiger partial charge in [-0.25, -0.2) is 9.97 Å². The van der Waals surface area contributed by atoms with Crippen LogP contribution in [0.3, 0.4) is 0 Å². The van der Waals surface area contributed by atoms with E-state index < -0.39 is 0 Å². The fraction of sp³-hybridized carbons (Fsp3) is 0.296. The summed E-state index contributed by atoms with van der Waals surface area (Å²) in [6.07, 6.45) is 7.29. The number of benzene rings is 2. The van der Waals surface area contributed by atoms with Crippen molar-refractivity contribution in [2.45, 2.75) is 38.2 Å². The van der Waals surface area contributed by atoms with E-state index in [2.05, 4.69) is 50.2 Å². The lowest BCUT2D eigenvalue weighted by molar-refractivity contribution is -0.146. The second-order valence-corrected chi connectivity index (χ2v) is 9.65. The molecule has 1 aliphatic carbocycles. The van der Waals surface area contributed by atoms with Crippen LogP contribution in [0.4, 0.5) is 0 Å². The predicted molar refractivity (Wildman–Crippen MR) is 139 cm³/mol. The summed E-state index contributed by atoms with van der Waals surface area (Å²) >= 11 is 2.28. The van der Waals surface area contributed by atoms with Gasteiger partial charge in [0.15, 0.2) is 0 Å². The monoisotopic (exact) mass is 567 g/mol. The van der Waals surface area contributed by atoms with Crippen molar-refractivity contribution in [1.82, 2.24) is 14.4 Å². The van der Waals surface area contributed by atoms with Crippen LogP contribution in [-0.4, -0.2) is 27.4 Å². The van der Waals surface area contributed by atoms with Gasteiger partial charge < -0.3 is 9.47 Å². The van der Waals surface area contributed by atoms with E-state index in [1.807, 2.05) is 48.8 Å². The Balaban J connectivity index is 1.45. The minimum atomic E-state index is -0.0989. The molecule has 0 spiro atoms. The van der Waals surface area contributed by atoms with E-state index in [1.54, 1.807) is 0 Å². The second-order valence-electron chi connectivity index (χ2n) is 8.63. The van der Waals surface area contributed by atoms with Gasteiger partial charge in [0, 0.05) is 23.9 Å². The summed E-state index contributed by atoms with van der Waals surface area (Å²) in [7, 11) is 1.47. The van der Waals surface area contributed by atoms with Crippen molar-refractivity contribution in [3.05, 3.63) is 82.1 Å². The van der Waals surface area contributed by atoms with Crippen LogP contribution in [0.15, 0.2) is 67.0 Å². The molecule has 5 rings (SSSR count).